The molecule has 0 aromatic heterocycles. The van der Waals surface area contributed by atoms with Gasteiger partial charge in [0.25, 0.3) is 5.91 Å². The predicted octanol–water partition coefficient (Wildman–Crippen LogP) is 3.93. The maximum atomic E-state index is 12.8. The number of anilines is 1. The van der Waals surface area contributed by atoms with E-state index in [1.807, 2.05) is 6.92 Å². The predicted molar refractivity (Wildman–Crippen MR) is 96.5 cm³/mol. The molecular formula is C18H15BrClNO3. The third-order valence-corrected chi connectivity index (χ3v) is 5.02. The van der Waals surface area contributed by atoms with Gasteiger partial charge in [0.05, 0.1) is 17.1 Å². The molecule has 2 aromatic rings. The molecule has 3 rings (SSSR count). The van der Waals surface area contributed by atoms with Crippen molar-refractivity contribution in [2.24, 2.45) is 0 Å². The zero-order valence-electron chi connectivity index (χ0n) is 12.9. The van der Waals surface area contributed by atoms with Crippen LogP contribution in [0.5, 0.6) is 0 Å². The Morgan fingerprint density at radius 2 is 2.00 bits per heavy atom. The average molecular weight is 409 g/mol. The number of carbonyl (C=O) groups is 2. The molecule has 4 nitrogen and oxygen atoms in total. The molecule has 0 saturated carbocycles. The zero-order valence-corrected chi connectivity index (χ0v) is 15.3. The van der Waals surface area contributed by atoms with Crippen LogP contribution in [-0.2, 0) is 10.4 Å². The number of rotatable bonds is 4. The van der Waals surface area contributed by atoms with E-state index in [0.29, 0.717) is 28.4 Å². The standard InChI is InChI=1S/C18H15BrClNO3/c1-2-21-15-8-7-11(19)9-13(15)18(24,17(21)23)10-16(22)12-5-3-4-6-14(12)20/h3-9,24H,2,10H2,1H3. The highest BCUT2D eigenvalue weighted by Gasteiger charge is 2.50. The number of likely N-dealkylation sites (N-methyl/N-ethyl adjacent to an activating group) is 1. The summed E-state index contributed by atoms with van der Waals surface area (Å²) < 4.78 is 0.732. The van der Waals surface area contributed by atoms with Crippen molar-refractivity contribution in [3.8, 4) is 0 Å². The van der Waals surface area contributed by atoms with E-state index in [0.717, 1.165) is 4.47 Å². The highest BCUT2D eigenvalue weighted by molar-refractivity contribution is 9.10. The Morgan fingerprint density at radius 3 is 2.67 bits per heavy atom. The first-order valence-corrected chi connectivity index (χ1v) is 8.67. The van der Waals surface area contributed by atoms with E-state index in [4.69, 9.17) is 11.6 Å². The minimum Gasteiger partial charge on any atom is -0.375 e. The second-order valence-electron chi connectivity index (χ2n) is 5.65. The highest BCUT2D eigenvalue weighted by Crippen LogP contribution is 2.44. The molecule has 0 aliphatic carbocycles. The van der Waals surface area contributed by atoms with Crippen molar-refractivity contribution in [2.75, 3.05) is 11.4 Å². The van der Waals surface area contributed by atoms with E-state index in [-0.39, 0.29) is 12.2 Å². The van der Waals surface area contributed by atoms with Gasteiger partial charge in [-0.05, 0) is 37.3 Å². The van der Waals surface area contributed by atoms with E-state index >= 15 is 0 Å². The van der Waals surface area contributed by atoms with Crippen molar-refractivity contribution in [3.63, 3.8) is 0 Å². The summed E-state index contributed by atoms with van der Waals surface area (Å²) >= 11 is 9.42. The topological polar surface area (TPSA) is 57.6 Å². The molecule has 0 saturated heterocycles. The molecule has 0 fully saturated rings. The summed E-state index contributed by atoms with van der Waals surface area (Å²) in [5.74, 6) is -0.862. The number of ketones is 1. The molecule has 6 heteroatoms. The third-order valence-electron chi connectivity index (χ3n) is 4.20. The van der Waals surface area contributed by atoms with Crippen LogP contribution < -0.4 is 4.90 Å². The van der Waals surface area contributed by atoms with Gasteiger partial charge in [0.15, 0.2) is 11.4 Å². The Labute approximate surface area is 153 Å². The fourth-order valence-corrected chi connectivity index (χ4v) is 3.62. The SMILES string of the molecule is CCN1C(=O)C(O)(CC(=O)c2ccccc2Cl)c2cc(Br)ccc21. The summed E-state index contributed by atoms with van der Waals surface area (Å²) in [4.78, 5) is 26.9. The van der Waals surface area contributed by atoms with Gasteiger partial charge in [-0.2, -0.15) is 0 Å². The molecule has 1 aliphatic heterocycles. The van der Waals surface area contributed by atoms with Crippen molar-refractivity contribution >= 4 is 44.9 Å². The van der Waals surface area contributed by atoms with Crippen LogP contribution in [0, 0.1) is 0 Å². The van der Waals surface area contributed by atoms with Crippen LogP contribution in [0.25, 0.3) is 0 Å². The number of nitrogens with zero attached hydrogens (tertiary/aromatic N) is 1. The largest absolute Gasteiger partial charge is 0.375 e. The molecule has 1 amide bonds. The Bertz CT molecular complexity index is 839. The quantitative estimate of drug-likeness (QED) is 0.780. The minimum absolute atomic E-state index is 0.298. The van der Waals surface area contributed by atoms with Crippen molar-refractivity contribution in [1.82, 2.24) is 0 Å². The maximum Gasteiger partial charge on any atom is 0.264 e. The van der Waals surface area contributed by atoms with Crippen LogP contribution in [-0.4, -0.2) is 23.3 Å². The number of carbonyl (C=O) groups excluding carboxylic acids is 2. The van der Waals surface area contributed by atoms with Crippen molar-refractivity contribution in [2.45, 2.75) is 18.9 Å². The summed E-state index contributed by atoms with van der Waals surface area (Å²) in [5, 5.41) is 11.4. The Morgan fingerprint density at radius 1 is 1.29 bits per heavy atom. The third kappa shape index (κ3) is 2.66. The summed E-state index contributed by atoms with van der Waals surface area (Å²) in [6, 6.07) is 11.9. The number of fused-ring (bicyclic) bond motifs is 1. The smallest absolute Gasteiger partial charge is 0.264 e. The number of hydrogen-bond donors (Lipinski definition) is 1. The molecule has 1 unspecified atom stereocenters. The number of Topliss-reactive ketones (excluding diaryl/α,β-unsaturated/α-hetero) is 1. The van der Waals surface area contributed by atoms with Crippen LogP contribution in [0.4, 0.5) is 5.69 Å². The Kier molecular flexibility index (Phi) is 4.51. The van der Waals surface area contributed by atoms with E-state index < -0.39 is 11.5 Å². The summed E-state index contributed by atoms with van der Waals surface area (Å²) in [6.45, 7) is 2.24. The second-order valence-corrected chi connectivity index (χ2v) is 6.97. The van der Waals surface area contributed by atoms with Gasteiger partial charge in [-0.25, -0.2) is 0 Å². The van der Waals surface area contributed by atoms with Crippen molar-refractivity contribution in [3.05, 3.63) is 63.1 Å². The lowest BCUT2D eigenvalue weighted by Crippen LogP contribution is -2.41. The monoisotopic (exact) mass is 407 g/mol. The van der Waals surface area contributed by atoms with Crippen LogP contribution in [0.1, 0.15) is 29.3 Å². The van der Waals surface area contributed by atoms with Crippen LogP contribution in [0.3, 0.4) is 0 Å². The first kappa shape index (κ1) is 17.1. The Balaban J connectivity index is 2.04. The first-order valence-electron chi connectivity index (χ1n) is 7.50. The van der Waals surface area contributed by atoms with Gasteiger partial charge in [-0.3, -0.25) is 9.59 Å². The second kappa shape index (κ2) is 6.31. The van der Waals surface area contributed by atoms with Crippen LogP contribution >= 0.6 is 27.5 Å². The molecule has 1 atom stereocenters. The lowest BCUT2D eigenvalue weighted by molar-refractivity contribution is -0.135. The number of benzene rings is 2. The van der Waals surface area contributed by atoms with Gasteiger partial charge in [-0.1, -0.05) is 39.7 Å². The van der Waals surface area contributed by atoms with E-state index in [1.165, 1.54) is 4.90 Å². The number of halogens is 2. The molecule has 0 bridgehead atoms. The van der Waals surface area contributed by atoms with Gasteiger partial charge < -0.3 is 10.0 Å². The minimum atomic E-state index is -1.88. The molecule has 1 heterocycles. The van der Waals surface area contributed by atoms with E-state index in [9.17, 15) is 14.7 Å². The van der Waals surface area contributed by atoms with Gasteiger partial charge in [0.2, 0.25) is 0 Å². The first-order chi connectivity index (χ1) is 11.4. The lowest BCUT2D eigenvalue weighted by Gasteiger charge is -2.22. The molecule has 0 radical (unpaired) electrons. The fraction of sp³-hybridized carbons (Fsp3) is 0.222. The van der Waals surface area contributed by atoms with Crippen LogP contribution in [0.2, 0.25) is 5.02 Å². The normalized spacial score (nSPS) is 19.5. The molecule has 24 heavy (non-hydrogen) atoms. The number of aliphatic hydroxyl groups is 1. The molecule has 2 aromatic carbocycles. The van der Waals surface area contributed by atoms with Gasteiger partial charge in [-0.15, -0.1) is 0 Å². The zero-order chi connectivity index (χ0) is 17.5. The Hall–Kier alpha value is -1.69. The summed E-state index contributed by atoms with van der Waals surface area (Å²) in [6.07, 6.45) is -0.352. The lowest BCUT2D eigenvalue weighted by atomic mass is 9.88. The van der Waals surface area contributed by atoms with Gasteiger partial charge >= 0.3 is 0 Å². The van der Waals surface area contributed by atoms with Gasteiger partial charge in [0.1, 0.15) is 0 Å². The van der Waals surface area contributed by atoms with E-state index in [2.05, 4.69) is 15.9 Å². The number of amides is 1. The maximum absolute atomic E-state index is 12.8. The molecule has 124 valence electrons. The van der Waals surface area contributed by atoms with Crippen LogP contribution in [0.15, 0.2) is 46.9 Å². The number of hydrogen-bond acceptors (Lipinski definition) is 3. The summed E-state index contributed by atoms with van der Waals surface area (Å²) in [7, 11) is 0. The summed E-state index contributed by atoms with van der Waals surface area (Å²) in [5.41, 5.74) is -0.526. The molecule has 1 N–H and O–H groups in total. The molecule has 1 aliphatic rings. The van der Waals surface area contributed by atoms with Crippen molar-refractivity contribution in [1.29, 1.82) is 0 Å². The van der Waals surface area contributed by atoms with Crippen molar-refractivity contribution < 1.29 is 14.7 Å². The molecular weight excluding hydrogens is 394 g/mol. The molecule has 0 spiro atoms. The van der Waals surface area contributed by atoms with Gasteiger partial charge in [0, 0.05) is 22.1 Å². The highest BCUT2D eigenvalue weighted by atomic mass is 79.9. The average Bonchev–Trinajstić information content (AvgIpc) is 2.75. The fourth-order valence-electron chi connectivity index (χ4n) is 3.02. The van der Waals surface area contributed by atoms with E-state index in [1.54, 1.807) is 42.5 Å².